The van der Waals surface area contributed by atoms with Crippen LogP contribution in [-0.2, 0) is 10.1 Å². The van der Waals surface area contributed by atoms with Gasteiger partial charge in [-0.15, -0.1) is 0 Å². The zero-order valence-electron chi connectivity index (χ0n) is 13.8. The lowest BCUT2D eigenvalue weighted by Gasteiger charge is -2.15. The zero-order valence-corrected chi connectivity index (χ0v) is 15.4. The lowest BCUT2D eigenvalue weighted by atomic mass is 10.1. The highest BCUT2D eigenvalue weighted by Gasteiger charge is 2.49. The van der Waals surface area contributed by atoms with E-state index in [9.17, 15) is 21.6 Å². The van der Waals surface area contributed by atoms with E-state index in [-0.39, 0.29) is 27.4 Å². The van der Waals surface area contributed by atoms with E-state index in [1.807, 2.05) is 0 Å². The first-order valence-corrected chi connectivity index (χ1v) is 9.08. The van der Waals surface area contributed by atoms with E-state index < -0.39 is 21.4 Å². The SMILES string of the molecule is COc1cc(OC)c2[nH+]c3ccccc3c(Cl)c2c1OS(=O)(=O)C(F)(F)F. The van der Waals surface area contributed by atoms with Gasteiger partial charge >= 0.3 is 15.6 Å². The van der Waals surface area contributed by atoms with Gasteiger partial charge in [0.1, 0.15) is 5.39 Å². The number of fused-ring (bicyclic) bond motifs is 2. The number of H-pyrrole nitrogens is 1. The van der Waals surface area contributed by atoms with Crippen LogP contribution in [0.5, 0.6) is 17.2 Å². The number of alkyl halides is 3. The first kappa shape index (κ1) is 19.3. The van der Waals surface area contributed by atoms with Crippen LogP contribution >= 0.6 is 11.6 Å². The molecule has 2 aromatic carbocycles. The van der Waals surface area contributed by atoms with Gasteiger partial charge < -0.3 is 13.7 Å². The summed E-state index contributed by atoms with van der Waals surface area (Å²) in [7, 11) is -3.48. The molecule has 0 bridgehead atoms. The number of aromatic amines is 1. The summed E-state index contributed by atoms with van der Waals surface area (Å²) in [6.07, 6.45) is 0. The summed E-state index contributed by atoms with van der Waals surface area (Å²) in [6, 6.07) is 7.89. The molecule has 3 aromatic rings. The average molecular weight is 423 g/mol. The van der Waals surface area contributed by atoms with Gasteiger partial charge in [-0.25, -0.2) is 4.98 Å². The number of methoxy groups -OCH3 is 2. The van der Waals surface area contributed by atoms with Crippen molar-refractivity contribution in [1.29, 1.82) is 0 Å². The van der Waals surface area contributed by atoms with Gasteiger partial charge in [0.2, 0.25) is 5.52 Å². The first-order valence-electron chi connectivity index (χ1n) is 7.29. The molecule has 0 radical (unpaired) electrons. The maximum Gasteiger partial charge on any atom is 0.534 e. The predicted octanol–water partition coefficient (Wildman–Crippen LogP) is 3.71. The average Bonchev–Trinajstić information content (AvgIpc) is 2.60. The Balaban J connectivity index is 2.46. The van der Waals surface area contributed by atoms with Crippen molar-refractivity contribution in [2.75, 3.05) is 14.2 Å². The van der Waals surface area contributed by atoms with Crippen molar-refractivity contribution < 1.29 is 40.2 Å². The van der Waals surface area contributed by atoms with Crippen LogP contribution in [0, 0.1) is 0 Å². The molecule has 1 aromatic heterocycles. The molecule has 0 unspecified atom stereocenters. The molecule has 27 heavy (non-hydrogen) atoms. The molecule has 6 nitrogen and oxygen atoms in total. The number of nitrogens with one attached hydrogen (secondary N) is 1. The van der Waals surface area contributed by atoms with Gasteiger partial charge in [-0.1, -0.05) is 23.7 Å². The Morgan fingerprint density at radius 1 is 1.07 bits per heavy atom. The topological polar surface area (TPSA) is 76.0 Å². The van der Waals surface area contributed by atoms with Gasteiger partial charge in [0.15, 0.2) is 17.2 Å². The first-order chi connectivity index (χ1) is 12.6. The van der Waals surface area contributed by atoms with Crippen LogP contribution in [0.15, 0.2) is 30.3 Å². The molecule has 0 amide bonds. The molecule has 0 aliphatic rings. The van der Waals surface area contributed by atoms with Crippen molar-refractivity contribution in [1.82, 2.24) is 0 Å². The molecular formula is C16H12ClF3NO5S+. The van der Waals surface area contributed by atoms with Crippen LogP contribution < -0.4 is 18.6 Å². The van der Waals surface area contributed by atoms with Crippen molar-refractivity contribution >= 4 is 43.5 Å². The van der Waals surface area contributed by atoms with E-state index in [2.05, 4.69) is 9.17 Å². The number of rotatable bonds is 4. The smallest absolute Gasteiger partial charge is 0.493 e. The van der Waals surface area contributed by atoms with Crippen LogP contribution in [0.4, 0.5) is 13.2 Å². The number of pyridine rings is 1. The summed E-state index contributed by atoms with van der Waals surface area (Å²) >= 11 is 6.39. The third kappa shape index (κ3) is 3.19. The molecular weight excluding hydrogens is 411 g/mol. The summed E-state index contributed by atoms with van der Waals surface area (Å²) in [5.74, 6) is -0.818. The normalized spacial score (nSPS) is 12.4. The second kappa shape index (κ2) is 6.61. The van der Waals surface area contributed by atoms with Crippen molar-refractivity contribution in [3.8, 4) is 17.2 Å². The number of hydrogen-bond acceptors (Lipinski definition) is 5. The Morgan fingerprint density at radius 2 is 1.70 bits per heavy atom. The monoisotopic (exact) mass is 422 g/mol. The minimum absolute atomic E-state index is 0.0241. The van der Waals surface area contributed by atoms with Gasteiger partial charge in [0, 0.05) is 12.1 Å². The molecule has 0 atom stereocenters. The summed E-state index contributed by atoms with van der Waals surface area (Å²) in [6.45, 7) is 0. The predicted molar refractivity (Wildman–Crippen MR) is 91.7 cm³/mol. The quantitative estimate of drug-likeness (QED) is 0.364. The second-order valence-corrected chi connectivity index (χ2v) is 7.24. The highest BCUT2D eigenvalue weighted by Crippen LogP contribution is 2.46. The second-order valence-electron chi connectivity index (χ2n) is 5.33. The fraction of sp³-hybridized carbons (Fsp3) is 0.188. The van der Waals surface area contributed by atoms with Crippen LogP contribution in [0.25, 0.3) is 21.8 Å². The molecule has 0 spiro atoms. The van der Waals surface area contributed by atoms with Crippen LogP contribution in [0.3, 0.4) is 0 Å². The van der Waals surface area contributed by atoms with Crippen LogP contribution in [-0.4, -0.2) is 28.1 Å². The fourth-order valence-electron chi connectivity index (χ4n) is 2.56. The van der Waals surface area contributed by atoms with E-state index >= 15 is 0 Å². The summed E-state index contributed by atoms with van der Waals surface area (Å²) in [4.78, 5) is 2.96. The van der Waals surface area contributed by atoms with E-state index in [0.29, 0.717) is 10.9 Å². The van der Waals surface area contributed by atoms with E-state index in [4.69, 9.17) is 21.1 Å². The van der Waals surface area contributed by atoms with E-state index in [0.717, 1.165) is 7.11 Å². The molecule has 11 heteroatoms. The van der Waals surface area contributed by atoms with Crippen molar-refractivity contribution in [3.63, 3.8) is 0 Å². The molecule has 3 rings (SSSR count). The van der Waals surface area contributed by atoms with Crippen molar-refractivity contribution in [2.24, 2.45) is 0 Å². The van der Waals surface area contributed by atoms with Crippen LogP contribution in [0.2, 0.25) is 5.02 Å². The summed E-state index contributed by atoms with van der Waals surface area (Å²) in [5.41, 5.74) is -4.92. The fourth-order valence-corrected chi connectivity index (χ4v) is 3.38. The van der Waals surface area contributed by atoms with Gasteiger partial charge in [0.25, 0.3) is 5.52 Å². The molecule has 0 aliphatic heterocycles. The maximum absolute atomic E-state index is 12.8. The standard InChI is InChI=1S/C16H11ClF3NO5S/c1-24-10-7-11(25-2)15(26-27(22,23)16(18,19)20)12-13(17)8-5-3-4-6-9(8)21-14(10)12/h3-7H,1-2H3/p+1. The summed E-state index contributed by atoms with van der Waals surface area (Å²) in [5, 5.41) is 0.291. The van der Waals surface area contributed by atoms with Gasteiger partial charge in [0.05, 0.1) is 24.6 Å². The number of benzene rings is 2. The zero-order chi connectivity index (χ0) is 20.0. The number of hydrogen-bond donors (Lipinski definition) is 0. The van der Waals surface area contributed by atoms with Crippen LogP contribution in [0.1, 0.15) is 0 Å². The molecule has 0 aliphatic carbocycles. The van der Waals surface area contributed by atoms with Gasteiger partial charge in [-0.05, 0) is 6.07 Å². The molecule has 0 saturated heterocycles. The molecule has 1 heterocycles. The highest BCUT2D eigenvalue weighted by atomic mass is 35.5. The third-order valence-electron chi connectivity index (χ3n) is 3.77. The Morgan fingerprint density at radius 3 is 2.30 bits per heavy atom. The lowest BCUT2D eigenvalue weighted by Crippen LogP contribution is -2.28. The highest BCUT2D eigenvalue weighted by molar-refractivity contribution is 7.88. The number of halogens is 4. The van der Waals surface area contributed by atoms with Crippen molar-refractivity contribution in [2.45, 2.75) is 5.51 Å². The number of aromatic nitrogens is 1. The third-order valence-corrected chi connectivity index (χ3v) is 5.11. The molecule has 144 valence electrons. The minimum atomic E-state index is -5.96. The Bertz CT molecular complexity index is 1150. The maximum atomic E-state index is 12.8. The Kier molecular flexibility index (Phi) is 4.73. The van der Waals surface area contributed by atoms with Crippen molar-refractivity contribution in [3.05, 3.63) is 35.4 Å². The van der Waals surface area contributed by atoms with E-state index in [1.54, 1.807) is 24.3 Å². The molecule has 1 N–H and O–H groups in total. The van der Waals surface area contributed by atoms with E-state index in [1.165, 1.54) is 13.2 Å². The Hall–Kier alpha value is -2.46. The number of para-hydroxylation sites is 1. The summed E-state index contributed by atoms with van der Waals surface area (Å²) < 4.78 is 76.3. The molecule has 0 saturated carbocycles. The van der Waals surface area contributed by atoms with Gasteiger partial charge in [-0.2, -0.15) is 21.6 Å². The van der Waals surface area contributed by atoms with Gasteiger partial charge in [-0.3, -0.25) is 0 Å². The largest absolute Gasteiger partial charge is 0.534 e. The number of ether oxygens (including phenoxy) is 2. The Labute approximate surface area is 156 Å². The minimum Gasteiger partial charge on any atom is -0.493 e. The molecule has 0 fully saturated rings. The lowest BCUT2D eigenvalue weighted by molar-refractivity contribution is -0.311.